The van der Waals surface area contributed by atoms with E-state index in [4.69, 9.17) is 0 Å². The Morgan fingerprint density at radius 2 is 1.43 bits per heavy atom. The summed E-state index contributed by atoms with van der Waals surface area (Å²) in [6, 6.07) is 18.3. The molecule has 78 valence electrons. The van der Waals surface area contributed by atoms with E-state index in [1.807, 2.05) is 48.5 Å². The second-order valence-electron chi connectivity index (χ2n) is 2.75. The molecule has 2 aromatic carbocycles. The molecule has 0 atom stereocenters. The van der Waals surface area contributed by atoms with Gasteiger partial charge in [0.15, 0.2) is 0 Å². The zero-order chi connectivity index (χ0) is 9.36. The zero-order valence-electron chi connectivity index (χ0n) is 8.10. The summed E-state index contributed by atoms with van der Waals surface area (Å²) in [6.07, 6.45) is 2.91. The van der Waals surface area contributed by atoms with Gasteiger partial charge in [-0.05, 0) is 0 Å². The third-order valence-electron chi connectivity index (χ3n) is 1.67. The van der Waals surface area contributed by atoms with Gasteiger partial charge in [0.1, 0.15) is 0 Å². The first kappa shape index (κ1) is 13.0. The molecule has 0 fully saturated rings. The van der Waals surface area contributed by atoms with E-state index in [-0.39, 0.29) is 17.4 Å². The van der Waals surface area contributed by atoms with Crippen LogP contribution in [0.15, 0.2) is 67.3 Å². The topological polar surface area (TPSA) is 0 Å². The minimum absolute atomic E-state index is 0. The van der Waals surface area contributed by atoms with Crippen LogP contribution in [0.1, 0.15) is 5.56 Å². The average molecular weight is 222 g/mol. The van der Waals surface area contributed by atoms with Crippen LogP contribution in [0, 0.1) is 0 Å². The van der Waals surface area contributed by atoms with Crippen molar-refractivity contribution < 1.29 is 17.4 Å². The van der Waals surface area contributed by atoms with Crippen molar-refractivity contribution in [3.05, 3.63) is 72.8 Å². The molecule has 0 aliphatic heterocycles. The van der Waals surface area contributed by atoms with Crippen molar-refractivity contribution in [3.63, 3.8) is 0 Å². The van der Waals surface area contributed by atoms with E-state index in [2.05, 4.69) is 18.7 Å². The number of hydrogen-bond donors (Lipinski definition) is 0. The first-order valence-electron chi connectivity index (χ1n) is 4.41. The van der Waals surface area contributed by atoms with Crippen LogP contribution in [-0.2, 0) is 23.8 Å². The molecule has 1 heteroatoms. The average Bonchev–Trinajstić information content (AvgIpc) is 2.79. The molecule has 0 aliphatic carbocycles. The van der Waals surface area contributed by atoms with Gasteiger partial charge in [-0.3, -0.25) is 0 Å². The molecule has 2 aromatic rings. The van der Waals surface area contributed by atoms with Gasteiger partial charge in [-0.15, -0.1) is 6.58 Å². The van der Waals surface area contributed by atoms with E-state index in [1.54, 1.807) is 0 Å². The maximum atomic E-state index is 3.64. The van der Waals surface area contributed by atoms with E-state index in [0.717, 1.165) is 6.42 Å². The Kier molecular flexibility index (Phi) is 7.94. The van der Waals surface area contributed by atoms with Crippen molar-refractivity contribution in [2.75, 3.05) is 0 Å². The fourth-order valence-corrected chi connectivity index (χ4v) is 1.04. The van der Waals surface area contributed by atoms with E-state index in [9.17, 15) is 0 Å². The van der Waals surface area contributed by atoms with Crippen LogP contribution in [0.4, 0.5) is 0 Å². The minimum Gasteiger partial charge on any atom is -0.748 e. The fraction of sp³-hybridized carbons (Fsp3) is 0.0769. The fourth-order valence-electron chi connectivity index (χ4n) is 1.04. The van der Waals surface area contributed by atoms with Crippen LogP contribution in [0.25, 0.3) is 0 Å². The Morgan fingerprint density at radius 1 is 1.00 bits per heavy atom. The smallest absolute Gasteiger partial charge is 0 e. The molecule has 0 saturated heterocycles. The van der Waals surface area contributed by atoms with Crippen molar-refractivity contribution in [2.45, 2.75) is 6.42 Å². The SMILES string of the molecule is C=CC[c-]1cccc1.[Cr].[cH-]1[cH-][cH-][cH-][cH-]1. The quantitative estimate of drug-likeness (QED) is 0.538. The molecule has 0 N–H and O–H groups in total. The van der Waals surface area contributed by atoms with E-state index in [0.29, 0.717) is 0 Å². The summed E-state index contributed by atoms with van der Waals surface area (Å²) in [4.78, 5) is 0. The molecule has 2 rings (SSSR count). The Hall–Kier alpha value is -1.03. The molecule has 0 nitrogen and oxygen atoms in total. The molecular weight excluding hydrogens is 208 g/mol. The van der Waals surface area contributed by atoms with Crippen molar-refractivity contribution in [3.8, 4) is 0 Å². The summed E-state index contributed by atoms with van der Waals surface area (Å²) >= 11 is 0. The summed E-state index contributed by atoms with van der Waals surface area (Å²) in [5.74, 6) is 0. The summed E-state index contributed by atoms with van der Waals surface area (Å²) in [5, 5.41) is 0. The molecule has 0 radical (unpaired) electrons. The van der Waals surface area contributed by atoms with Gasteiger partial charge < -0.3 is 30.3 Å². The van der Waals surface area contributed by atoms with Crippen molar-refractivity contribution in [1.82, 2.24) is 0 Å². The summed E-state index contributed by atoms with van der Waals surface area (Å²) in [5.41, 5.74) is 1.35. The molecule has 0 aromatic heterocycles. The summed E-state index contributed by atoms with van der Waals surface area (Å²) in [7, 11) is 0. The van der Waals surface area contributed by atoms with Gasteiger partial charge in [-0.25, -0.2) is 12.1 Å². The molecule has 0 bridgehead atoms. The Bertz CT molecular complexity index is 273. The van der Waals surface area contributed by atoms with Gasteiger partial charge in [0, 0.05) is 17.4 Å². The first-order valence-corrected chi connectivity index (χ1v) is 4.41. The van der Waals surface area contributed by atoms with Crippen LogP contribution in [0.2, 0.25) is 0 Å². The van der Waals surface area contributed by atoms with Gasteiger partial charge in [-0.2, -0.15) is 17.7 Å². The van der Waals surface area contributed by atoms with Crippen molar-refractivity contribution >= 4 is 0 Å². The second kappa shape index (κ2) is 8.57. The van der Waals surface area contributed by atoms with E-state index in [1.165, 1.54) is 5.56 Å². The van der Waals surface area contributed by atoms with E-state index < -0.39 is 0 Å². The summed E-state index contributed by atoms with van der Waals surface area (Å²) < 4.78 is 0. The molecule has 14 heavy (non-hydrogen) atoms. The molecule has 0 spiro atoms. The maximum Gasteiger partial charge on any atom is 0 e. The zero-order valence-corrected chi connectivity index (χ0v) is 9.37. The molecule has 0 unspecified atom stereocenters. The van der Waals surface area contributed by atoms with Crippen molar-refractivity contribution in [1.29, 1.82) is 0 Å². The van der Waals surface area contributed by atoms with Gasteiger partial charge in [0.05, 0.1) is 0 Å². The van der Waals surface area contributed by atoms with Crippen LogP contribution in [-0.4, -0.2) is 0 Å². The monoisotopic (exact) mass is 222 g/mol. The van der Waals surface area contributed by atoms with Gasteiger partial charge in [0.25, 0.3) is 0 Å². The Morgan fingerprint density at radius 3 is 1.79 bits per heavy atom. The Balaban J connectivity index is 0.000000246. The molecule has 0 heterocycles. The first-order chi connectivity index (χ1) is 6.43. The third-order valence-corrected chi connectivity index (χ3v) is 1.67. The Labute approximate surface area is 96.8 Å². The molecule has 0 amide bonds. The normalized spacial score (nSPS) is 8.00. The number of allylic oxidation sites excluding steroid dienone is 1. The predicted molar refractivity (Wildman–Crippen MR) is 58.0 cm³/mol. The largest absolute Gasteiger partial charge is 0.748 e. The van der Waals surface area contributed by atoms with Crippen LogP contribution in [0.3, 0.4) is 0 Å². The van der Waals surface area contributed by atoms with Gasteiger partial charge in [0.2, 0.25) is 0 Å². The minimum atomic E-state index is 0. The number of rotatable bonds is 2. The van der Waals surface area contributed by atoms with Crippen molar-refractivity contribution in [2.24, 2.45) is 0 Å². The third kappa shape index (κ3) is 5.59. The number of hydrogen-bond acceptors (Lipinski definition) is 0. The molecule has 0 saturated carbocycles. The standard InChI is InChI=1S/C8H9.C5H5.Cr/c1-2-5-8-6-3-4-7-8;1-2-4-5-3-1;/h2-4,6-7H,1,5H2;1-5H;/q-1;-5;. The van der Waals surface area contributed by atoms with Crippen LogP contribution < -0.4 is 0 Å². The maximum absolute atomic E-state index is 3.64. The van der Waals surface area contributed by atoms with Crippen LogP contribution >= 0.6 is 0 Å². The van der Waals surface area contributed by atoms with Crippen LogP contribution in [0.5, 0.6) is 0 Å². The predicted octanol–water partition coefficient (Wildman–Crippen LogP) is 3.54. The molecule has 0 aliphatic rings. The van der Waals surface area contributed by atoms with Gasteiger partial charge >= 0.3 is 0 Å². The van der Waals surface area contributed by atoms with E-state index >= 15 is 0 Å². The second-order valence-corrected chi connectivity index (χ2v) is 2.75. The molecular formula is C13H14Cr-6. The van der Waals surface area contributed by atoms with Gasteiger partial charge in [-0.1, -0.05) is 12.5 Å². The summed E-state index contributed by atoms with van der Waals surface area (Å²) in [6.45, 7) is 3.64.